The maximum atomic E-state index is 14.3. The molecule has 0 radical (unpaired) electrons. The summed E-state index contributed by atoms with van der Waals surface area (Å²) in [5.74, 6) is -1.88. The molecule has 31 heavy (non-hydrogen) atoms. The van der Waals surface area contributed by atoms with Gasteiger partial charge in [-0.15, -0.1) is 0 Å². The third-order valence-electron chi connectivity index (χ3n) is 5.24. The van der Waals surface area contributed by atoms with Gasteiger partial charge in [-0.25, -0.2) is 8.78 Å². The molecule has 3 aromatic rings. The van der Waals surface area contributed by atoms with Crippen molar-refractivity contribution in [2.24, 2.45) is 7.05 Å². The number of carbonyl (C=O) groups excluding carboxylic acids is 2. The van der Waals surface area contributed by atoms with Crippen molar-refractivity contribution in [1.82, 2.24) is 24.6 Å². The second kappa shape index (κ2) is 8.63. The number of hydrogen-bond acceptors (Lipinski definition) is 4. The molecular formula is C22H21F2N5O2. The molecule has 0 aliphatic carbocycles. The van der Waals surface area contributed by atoms with Crippen molar-refractivity contribution < 1.29 is 18.4 Å². The molecule has 1 aromatic carbocycles. The third-order valence-corrected chi connectivity index (χ3v) is 5.24. The minimum atomic E-state index is -0.780. The van der Waals surface area contributed by atoms with Crippen LogP contribution in [0.5, 0.6) is 0 Å². The van der Waals surface area contributed by atoms with E-state index in [0.29, 0.717) is 38.2 Å². The van der Waals surface area contributed by atoms with E-state index < -0.39 is 11.6 Å². The zero-order chi connectivity index (χ0) is 22.0. The van der Waals surface area contributed by atoms with Crippen LogP contribution in [0.3, 0.4) is 0 Å². The Kier molecular flexibility index (Phi) is 5.75. The summed E-state index contributed by atoms with van der Waals surface area (Å²) in [6.07, 6.45) is 5.28. The SMILES string of the molecule is Cn1cc(C(=O)N2CCCN(C(=O)c3ccncc3)CC2)c(-c2ccc(F)cc2F)n1. The average molecular weight is 425 g/mol. The number of rotatable bonds is 3. The van der Waals surface area contributed by atoms with Gasteiger partial charge in [-0.05, 0) is 30.7 Å². The Labute approximate surface area is 177 Å². The lowest BCUT2D eigenvalue weighted by molar-refractivity contribution is 0.0719. The highest BCUT2D eigenvalue weighted by molar-refractivity contribution is 6.00. The largest absolute Gasteiger partial charge is 0.337 e. The van der Waals surface area contributed by atoms with Gasteiger partial charge in [0.2, 0.25) is 0 Å². The Hall–Kier alpha value is -3.62. The zero-order valence-corrected chi connectivity index (χ0v) is 17.0. The Balaban J connectivity index is 1.54. The van der Waals surface area contributed by atoms with Gasteiger partial charge >= 0.3 is 0 Å². The molecule has 2 amide bonds. The number of aryl methyl sites for hydroxylation is 1. The maximum absolute atomic E-state index is 14.3. The molecule has 0 N–H and O–H groups in total. The van der Waals surface area contributed by atoms with E-state index in [1.807, 2.05) is 0 Å². The molecule has 0 bridgehead atoms. The summed E-state index contributed by atoms with van der Waals surface area (Å²) in [5, 5.41) is 4.23. The molecule has 3 heterocycles. The molecule has 1 aliphatic rings. The van der Waals surface area contributed by atoms with E-state index >= 15 is 0 Å². The quantitative estimate of drug-likeness (QED) is 0.647. The first-order chi connectivity index (χ1) is 14.9. The number of benzene rings is 1. The van der Waals surface area contributed by atoms with Crippen LogP contribution in [0.15, 0.2) is 48.9 Å². The lowest BCUT2D eigenvalue weighted by Gasteiger charge is -2.22. The van der Waals surface area contributed by atoms with Crippen molar-refractivity contribution in [2.45, 2.75) is 6.42 Å². The second-order valence-corrected chi connectivity index (χ2v) is 7.36. The normalized spacial score (nSPS) is 14.4. The van der Waals surface area contributed by atoms with Crippen molar-refractivity contribution in [3.8, 4) is 11.3 Å². The van der Waals surface area contributed by atoms with Gasteiger partial charge in [0.1, 0.15) is 17.3 Å². The summed E-state index contributed by atoms with van der Waals surface area (Å²) in [7, 11) is 1.64. The molecule has 1 fully saturated rings. The Morgan fingerprint density at radius 2 is 1.61 bits per heavy atom. The predicted molar refractivity (Wildman–Crippen MR) is 109 cm³/mol. The zero-order valence-electron chi connectivity index (χ0n) is 17.0. The Morgan fingerprint density at radius 3 is 2.29 bits per heavy atom. The first kappa shape index (κ1) is 20.6. The van der Waals surface area contributed by atoms with E-state index in [4.69, 9.17) is 0 Å². The number of halogens is 2. The van der Waals surface area contributed by atoms with E-state index in [1.165, 1.54) is 16.9 Å². The predicted octanol–water partition coefficient (Wildman–Crippen LogP) is 2.75. The second-order valence-electron chi connectivity index (χ2n) is 7.36. The van der Waals surface area contributed by atoms with Crippen LogP contribution in [0, 0.1) is 11.6 Å². The number of carbonyl (C=O) groups is 2. The Morgan fingerprint density at radius 1 is 0.935 bits per heavy atom. The molecule has 7 nitrogen and oxygen atoms in total. The molecular weight excluding hydrogens is 404 g/mol. The van der Waals surface area contributed by atoms with Gasteiger partial charge in [0.15, 0.2) is 0 Å². The van der Waals surface area contributed by atoms with E-state index in [-0.39, 0.29) is 28.6 Å². The van der Waals surface area contributed by atoms with Crippen LogP contribution in [0.1, 0.15) is 27.1 Å². The molecule has 4 rings (SSSR count). The highest BCUT2D eigenvalue weighted by Crippen LogP contribution is 2.27. The van der Waals surface area contributed by atoms with Crippen molar-refractivity contribution >= 4 is 11.8 Å². The maximum Gasteiger partial charge on any atom is 0.257 e. The monoisotopic (exact) mass is 425 g/mol. The van der Waals surface area contributed by atoms with Gasteiger partial charge in [-0.3, -0.25) is 19.3 Å². The topological polar surface area (TPSA) is 71.3 Å². The summed E-state index contributed by atoms with van der Waals surface area (Å²) < 4.78 is 29.1. The van der Waals surface area contributed by atoms with Crippen LogP contribution in [-0.4, -0.2) is 62.6 Å². The lowest BCUT2D eigenvalue weighted by Crippen LogP contribution is -2.37. The highest BCUT2D eigenvalue weighted by atomic mass is 19.1. The van der Waals surface area contributed by atoms with E-state index in [2.05, 4.69) is 10.1 Å². The average Bonchev–Trinajstić information content (AvgIpc) is 2.98. The molecule has 0 spiro atoms. The standard InChI is InChI=1S/C22H21F2N5O2/c1-27-14-18(20(26-27)17-4-3-16(23)13-19(17)24)22(31)29-10-2-9-28(11-12-29)21(30)15-5-7-25-8-6-15/h3-8,13-14H,2,9-12H2,1H3. The van der Waals surface area contributed by atoms with Gasteiger partial charge in [-0.1, -0.05) is 0 Å². The van der Waals surface area contributed by atoms with Gasteiger partial charge in [-0.2, -0.15) is 5.10 Å². The summed E-state index contributed by atoms with van der Waals surface area (Å²) in [4.78, 5) is 33.2. The molecule has 0 unspecified atom stereocenters. The fourth-order valence-electron chi connectivity index (χ4n) is 3.70. The number of nitrogens with zero attached hydrogens (tertiary/aromatic N) is 5. The van der Waals surface area contributed by atoms with Gasteiger partial charge in [0.05, 0.1) is 5.56 Å². The summed E-state index contributed by atoms with van der Waals surface area (Å²) in [6.45, 7) is 1.71. The molecule has 9 heteroatoms. The van der Waals surface area contributed by atoms with E-state index in [0.717, 1.165) is 12.1 Å². The van der Waals surface area contributed by atoms with Crippen LogP contribution < -0.4 is 0 Å². The number of aromatic nitrogens is 3. The molecule has 1 saturated heterocycles. The van der Waals surface area contributed by atoms with Crippen molar-refractivity contribution in [3.63, 3.8) is 0 Å². The van der Waals surface area contributed by atoms with Gasteiger partial charge in [0.25, 0.3) is 11.8 Å². The van der Waals surface area contributed by atoms with Crippen molar-refractivity contribution in [3.05, 3.63) is 71.7 Å². The summed E-state index contributed by atoms with van der Waals surface area (Å²) in [6, 6.07) is 6.51. The first-order valence-corrected chi connectivity index (χ1v) is 9.91. The molecule has 160 valence electrons. The van der Waals surface area contributed by atoms with Crippen LogP contribution in [0.25, 0.3) is 11.3 Å². The van der Waals surface area contributed by atoms with Crippen LogP contribution in [0.2, 0.25) is 0 Å². The number of hydrogen-bond donors (Lipinski definition) is 0. The smallest absolute Gasteiger partial charge is 0.257 e. The number of amides is 2. The third kappa shape index (κ3) is 4.30. The fraction of sp³-hybridized carbons (Fsp3) is 0.273. The first-order valence-electron chi connectivity index (χ1n) is 9.91. The van der Waals surface area contributed by atoms with Gasteiger partial charge in [0, 0.05) is 69.0 Å². The fourth-order valence-corrected chi connectivity index (χ4v) is 3.70. The van der Waals surface area contributed by atoms with Crippen molar-refractivity contribution in [2.75, 3.05) is 26.2 Å². The van der Waals surface area contributed by atoms with Gasteiger partial charge < -0.3 is 9.80 Å². The van der Waals surface area contributed by atoms with Crippen LogP contribution in [0.4, 0.5) is 8.78 Å². The van der Waals surface area contributed by atoms with Crippen molar-refractivity contribution in [1.29, 1.82) is 0 Å². The number of pyridine rings is 1. The van der Waals surface area contributed by atoms with E-state index in [9.17, 15) is 18.4 Å². The molecule has 1 aliphatic heterocycles. The summed E-state index contributed by atoms with van der Waals surface area (Å²) >= 11 is 0. The molecule has 2 aromatic heterocycles. The van der Waals surface area contributed by atoms with Crippen LogP contribution >= 0.6 is 0 Å². The minimum Gasteiger partial charge on any atom is -0.337 e. The van der Waals surface area contributed by atoms with E-state index in [1.54, 1.807) is 41.4 Å². The highest BCUT2D eigenvalue weighted by Gasteiger charge is 2.27. The minimum absolute atomic E-state index is 0.0645. The Bertz CT molecular complexity index is 1120. The molecule has 0 saturated carbocycles. The summed E-state index contributed by atoms with van der Waals surface area (Å²) in [5.41, 5.74) is 1.02. The van der Waals surface area contributed by atoms with Crippen LogP contribution in [-0.2, 0) is 7.05 Å². The lowest BCUT2D eigenvalue weighted by atomic mass is 10.1. The molecule has 0 atom stereocenters.